The zero-order valence-electron chi connectivity index (χ0n) is 15.0. The first-order chi connectivity index (χ1) is 13.1. The van der Waals surface area contributed by atoms with E-state index in [0.717, 1.165) is 31.4 Å². The van der Waals surface area contributed by atoms with Crippen LogP contribution in [-0.4, -0.2) is 35.1 Å². The summed E-state index contributed by atoms with van der Waals surface area (Å²) in [4.78, 5) is 35.6. The Hall–Kier alpha value is -3.09. The molecule has 7 nitrogen and oxygen atoms in total. The maximum absolute atomic E-state index is 12.0. The molecule has 1 saturated carbocycles. The summed E-state index contributed by atoms with van der Waals surface area (Å²) in [5, 5.41) is 4.97. The minimum Gasteiger partial charge on any atom is -0.452 e. The SMILES string of the molecule is O=C(COC(=O)c1ccc(-n2cccc2)cc1)NC(=O)NC1CCCCC1. The summed E-state index contributed by atoms with van der Waals surface area (Å²) in [6.45, 7) is -0.504. The summed E-state index contributed by atoms with van der Waals surface area (Å²) in [6, 6.07) is 10.2. The van der Waals surface area contributed by atoms with Crippen molar-refractivity contribution >= 4 is 17.9 Å². The number of rotatable bonds is 5. The van der Waals surface area contributed by atoms with Crippen LogP contribution in [0.4, 0.5) is 4.79 Å². The van der Waals surface area contributed by atoms with Crippen LogP contribution in [0.1, 0.15) is 42.5 Å². The summed E-state index contributed by atoms with van der Waals surface area (Å²) in [5.41, 5.74) is 1.25. The maximum Gasteiger partial charge on any atom is 0.338 e. The fraction of sp³-hybridized carbons (Fsp3) is 0.350. The van der Waals surface area contributed by atoms with Crippen LogP contribution in [0, 0.1) is 0 Å². The number of hydrogen-bond donors (Lipinski definition) is 2. The molecule has 2 aromatic rings. The lowest BCUT2D eigenvalue weighted by atomic mass is 9.96. The van der Waals surface area contributed by atoms with Crippen molar-refractivity contribution in [3.8, 4) is 5.69 Å². The number of aromatic nitrogens is 1. The van der Waals surface area contributed by atoms with Gasteiger partial charge in [-0.1, -0.05) is 19.3 Å². The number of hydrogen-bond acceptors (Lipinski definition) is 4. The number of urea groups is 1. The van der Waals surface area contributed by atoms with E-state index in [9.17, 15) is 14.4 Å². The Labute approximate surface area is 157 Å². The lowest BCUT2D eigenvalue weighted by molar-refractivity contribution is -0.123. The summed E-state index contributed by atoms with van der Waals surface area (Å²) >= 11 is 0. The van der Waals surface area contributed by atoms with E-state index < -0.39 is 24.5 Å². The molecule has 1 aliphatic carbocycles. The normalized spacial score (nSPS) is 14.4. The second-order valence-electron chi connectivity index (χ2n) is 6.57. The molecule has 3 amide bonds. The number of esters is 1. The molecule has 1 heterocycles. The van der Waals surface area contributed by atoms with Gasteiger partial charge in [-0.2, -0.15) is 0 Å². The van der Waals surface area contributed by atoms with E-state index in [4.69, 9.17) is 4.74 Å². The zero-order valence-corrected chi connectivity index (χ0v) is 15.0. The number of benzene rings is 1. The molecule has 0 atom stereocenters. The molecule has 7 heteroatoms. The van der Waals surface area contributed by atoms with Crippen LogP contribution in [0.3, 0.4) is 0 Å². The molecule has 0 saturated heterocycles. The third-order valence-electron chi connectivity index (χ3n) is 4.53. The zero-order chi connectivity index (χ0) is 19.1. The van der Waals surface area contributed by atoms with Gasteiger partial charge in [0.25, 0.3) is 5.91 Å². The fourth-order valence-electron chi connectivity index (χ4n) is 3.12. The van der Waals surface area contributed by atoms with E-state index in [0.29, 0.717) is 5.56 Å². The molecule has 27 heavy (non-hydrogen) atoms. The van der Waals surface area contributed by atoms with E-state index >= 15 is 0 Å². The second kappa shape index (κ2) is 9.02. The minimum absolute atomic E-state index is 0.105. The van der Waals surface area contributed by atoms with Crippen LogP contribution in [0.2, 0.25) is 0 Å². The van der Waals surface area contributed by atoms with Crippen molar-refractivity contribution in [3.63, 3.8) is 0 Å². The molecule has 2 N–H and O–H groups in total. The van der Waals surface area contributed by atoms with Crippen LogP contribution in [-0.2, 0) is 9.53 Å². The number of nitrogens with zero attached hydrogens (tertiary/aromatic N) is 1. The second-order valence-corrected chi connectivity index (χ2v) is 6.57. The number of imide groups is 1. The van der Waals surface area contributed by atoms with Crippen LogP contribution < -0.4 is 10.6 Å². The molecular weight excluding hydrogens is 346 g/mol. The lowest BCUT2D eigenvalue weighted by Gasteiger charge is -2.22. The number of nitrogens with one attached hydrogen (secondary N) is 2. The third kappa shape index (κ3) is 5.44. The van der Waals surface area contributed by atoms with Gasteiger partial charge in [0.1, 0.15) is 0 Å². The monoisotopic (exact) mass is 369 g/mol. The van der Waals surface area contributed by atoms with E-state index in [1.54, 1.807) is 24.3 Å². The molecule has 1 aliphatic rings. The van der Waals surface area contributed by atoms with Crippen molar-refractivity contribution in [1.29, 1.82) is 0 Å². The number of carbonyl (C=O) groups is 3. The summed E-state index contributed by atoms with van der Waals surface area (Å²) in [5.74, 6) is -1.27. The Kier molecular flexibility index (Phi) is 6.25. The van der Waals surface area contributed by atoms with Crippen molar-refractivity contribution in [3.05, 3.63) is 54.4 Å². The highest BCUT2D eigenvalue weighted by Gasteiger charge is 2.17. The predicted octanol–water partition coefficient (Wildman–Crippen LogP) is 2.79. The molecule has 0 unspecified atom stereocenters. The summed E-state index contributed by atoms with van der Waals surface area (Å²) in [7, 11) is 0. The third-order valence-corrected chi connectivity index (χ3v) is 4.53. The van der Waals surface area contributed by atoms with Crippen LogP contribution >= 0.6 is 0 Å². The van der Waals surface area contributed by atoms with Gasteiger partial charge in [0.05, 0.1) is 5.56 Å². The Bertz CT molecular complexity index is 778. The van der Waals surface area contributed by atoms with Crippen molar-refractivity contribution in [2.45, 2.75) is 38.1 Å². The van der Waals surface area contributed by atoms with Gasteiger partial charge in [0, 0.05) is 24.1 Å². The molecular formula is C20H23N3O4. The highest BCUT2D eigenvalue weighted by molar-refractivity contribution is 5.97. The van der Waals surface area contributed by atoms with Crippen LogP contribution in [0.5, 0.6) is 0 Å². The molecule has 0 spiro atoms. The lowest BCUT2D eigenvalue weighted by Crippen LogP contribution is -2.46. The van der Waals surface area contributed by atoms with Gasteiger partial charge in [-0.15, -0.1) is 0 Å². The summed E-state index contributed by atoms with van der Waals surface area (Å²) < 4.78 is 6.88. The van der Waals surface area contributed by atoms with Crippen molar-refractivity contribution < 1.29 is 19.1 Å². The molecule has 3 rings (SSSR count). The molecule has 1 aromatic heterocycles. The standard InChI is InChI=1S/C20H23N3O4/c24-18(22-20(26)21-16-6-2-1-3-7-16)14-27-19(25)15-8-10-17(11-9-15)23-12-4-5-13-23/h4-5,8-13,16H,1-3,6-7,14H2,(H2,21,22,24,26). The van der Waals surface area contributed by atoms with Gasteiger partial charge in [-0.25, -0.2) is 9.59 Å². The Morgan fingerprint density at radius 1 is 1.00 bits per heavy atom. The maximum atomic E-state index is 12.0. The van der Waals surface area contributed by atoms with E-state index in [-0.39, 0.29) is 6.04 Å². The Morgan fingerprint density at radius 3 is 2.33 bits per heavy atom. The Balaban J connectivity index is 1.42. The molecule has 142 valence electrons. The topological polar surface area (TPSA) is 89.4 Å². The van der Waals surface area contributed by atoms with Crippen molar-refractivity contribution in [2.24, 2.45) is 0 Å². The average Bonchev–Trinajstić information content (AvgIpc) is 3.22. The van der Waals surface area contributed by atoms with Crippen molar-refractivity contribution in [2.75, 3.05) is 6.61 Å². The van der Waals surface area contributed by atoms with E-state index in [1.165, 1.54) is 6.42 Å². The minimum atomic E-state index is -0.652. The molecule has 0 radical (unpaired) electrons. The first-order valence-corrected chi connectivity index (χ1v) is 9.13. The summed E-state index contributed by atoms with van der Waals surface area (Å²) in [6.07, 6.45) is 9.00. The molecule has 0 aliphatic heterocycles. The quantitative estimate of drug-likeness (QED) is 0.793. The molecule has 0 bridgehead atoms. The van der Waals surface area contributed by atoms with Crippen molar-refractivity contribution in [1.82, 2.24) is 15.2 Å². The fourth-order valence-corrected chi connectivity index (χ4v) is 3.12. The van der Waals surface area contributed by atoms with E-state index in [2.05, 4.69) is 10.6 Å². The number of ether oxygens (including phenoxy) is 1. The highest BCUT2D eigenvalue weighted by Crippen LogP contribution is 2.17. The average molecular weight is 369 g/mol. The predicted molar refractivity (Wildman–Crippen MR) is 99.6 cm³/mol. The highest BCUT2D eigenvalue weighted by atomic mass is 16.5. The van der Waals surface area contributed by atoms with Gasteiger partial charge >= 0.3 is 12.0 Å². The Morgan fingerprint density at radius 2 is 1.67 bits per heavy atom. The van der Waals surface area contributed by atoms with Crippen LogP contribution in [0.15, 0.2) is 48.8 Å². The smallest absolute Gasteiger partial charge is 0.338 e. The van der Waals surface area contributed by atoms with Gasteiger partial charge in [-0.3, -0.25) is 10.1 Å². The van der Waals surface area contributed by atoms with Gasteiger partial charge in [-0.05, 0) is 49.2 Å². The van der Waals surface area contributed by atoms with Crippen LogP contribution in [0.25, 0.3) is 5.69 Å². The van der Waals surface area contributed by atoms with Gasteiger partial charge in [0.2, 0.25) is 0 Å². The van der Waals surface area contributed by atoms with Gasteiger partial charge in [0.15, 0.2) is 6.61 Å². The first-order valence-electron chi connectivity index (χ1n) is 9.13. The molecule has 1 fully saturated rings. The molecule has 1 aromatic carbocycles. The largest absolute Gasteiger partial charge is 0.452 e. The number of amides is 3. The number of carbonyl (C=O) groups excluding carboxylic acids is 3. The first kappa shape index (κ1) is 18.7. The van der Waals surface area contributed by atoms with E-state index in [1.807, 2.05) is 29.1 Å². The van der Waals surface area contributed by atoms with Gasteiger partial charge < -0.3 is 14.6 Å².